The summed E-state index contributed by atoms with van der Waals surface area (Å²) in [7, 11) is 0. The van der Waals surface area contributed by atoms with E-state index in [1.54, 1.807) is 6.07 Å². The summed E-state index contributed by atoms with van der Waals surface area (Å²) in [5, 5.41) is 3.14. The lowest BCUT2D eigenvalue weighted by molar-refractivity contribution is -0.0428. The summed E-state index contributed by atoms with van der Waals surface area (Å²) in [5.74, 6) is -1.06. The summed E-state index contributed by atoms with van der Waals surface area (Å²) in [5.41, 5.74) is 1.86. The number of rotatable bonds is 8. The number of ether oxygens (including phenoxy) is 4. The van der Waals surface area contributed by atoms with Crippen molar-refractivity contribution in [1.82, 2.24) is 15.0 Å². The zero-order valence-electron chi connectivity index (χ0n) is 19.5. The van der Waals surface area contributed by atoms with E-state index < -0.39 is 11.6 Å². The molecule has 4 aromatic rings. The van der Waals surface area contributed by atoms with Crippen molar-refractivity contribution in [3.05, 3.63) is 82.4 Å². The van der Waals surface area contributed by atoms with Crippen LogP contribution in [0.1, 0.15) is 11.1 Å². The van der Waals surface area contributed by atoms with Gasteiger partial charge in [-0.15, -0.1) is 0 Å². The van der Waals surface area contributed by atoms with Crippen molar-refractivity contribution in [1.29, 1.82) is 0 Å². The van der Waals surface area contributed by atoms with Gasteiger partial charge in [0.05, 0.1) is 30.4 Å². The van der Waals surface area contributed by atoms with Gasteiger partial charge >= 0.3 is 0 Å². The topological polar surface area (TPSA) is 90.5 Å². The Kier molecular flexibility index (Phi) is 6.64. The molecule has 4 heterocycles. The first-order valence-corrected chi connectivity index (χ1v) is 12.2. The highest BCUT2D eigenvalue weighted by Crippen LogP contribution is 2.32. The van der Waals surface area contributed by atoms with Crippen LogP contribution < -0.4 is 10.1 Å². The van der Waals surface area contributed by atoms with Crippen molar-refractivity contribution in [2.45, 2.75) is 37.6 Å². The van der Waals surface area contributed by atoms with E-state index in [2.05, 4.69) is 20.3 Å². The number of aromatic amines is 1. The quantitative estimate of drug-likeness (QED) is 0.344. The Hall–Kier alpha value is -3.31. The molecule has 0 saturated carbocycles. The molecule has 2 aromatic heterocycles. The molecule has 2 fully saturated rings. The Bertz CT molecular complexity index is 1390. The second-order valence-electron chi connectivity index (χ2n) is 8.87. The first-order chi connectivity index (χ1) is 18.0. The molecule has 6 rings (SSSR count). The molecule has 0 radical (unpaired) electrons. The van der Waals surface area contributed by atoms with Gasteiger partial charge in [-0.25, -0.2) is 13.8 Å². The van der Waals surface area contributed by atoms with E-state index in [-0.39, 0.29) is 53.4 Å². The van der Waals surface area contributed by atoms with Crippen molar-refractivity contribution in [2.24, 2.45) is 0 Å². The number of hydrogen-bond donors (Lipinski definition) is 2. The van der Waals surface area contributed by atoms with E-state index in [0.717, 1.165) is 5.56 Å². The fraction of sp³-hybridized carbons (Fsp3) is 0.308. The highest BCUT2D eigenvalue weighted by Gasteiger charge is 2.49. The molecule has 37 heavy (non-hydrogen) atoms. The molecule has 0 bridgehead atoms. The molecule has 2 N–H and O–H groups in total. The zero-order chi connectivity index (χ0) is 25.4. The number of hydrogen-bond acceptors (Lipinski definition) is 7. The highest BCUT2D eigenvalue weighted by molar-refractivity contribution is 6.33. The molecule has 3 unspecified atom stereocenters. The third-order valence-electron chi connectivity index (χ3n) is 6.43. The van der Waals surface area contributed by atoms with Gasteiger partial charge < -0.3 is 29.2 Å². The lowest BCUT2D eigenvalue weighted by Gasteiger charge is -2.17. The highest BCUT2D eigenvalue weighted by atomic mass is 35.5. The van der Waals surface area contributed by atoms with Crippen LogP contribution >= 0.6 is 11.6 Å². The number of aromatic nitrogens is 3. The fourth-order valence-corrected chi connectivity index (χ4v) is 4.76. The first kappa shape index (κ1) is 24.1. The number of pyridine rings is 1. The van der Waals surface area contributed by atoms with Crippen LogP contribution in [0.4, 0.5) is 14.6 Å². The van der Waals surface area contributed by atoms with Gasteiger partial charge in [0.2, 0.25) is 0 Å². The number of halogens is 3. The molecular weight excluding hydrogens is 506 g/mol. The number of imidazole rings is 1. The molecule has 0 spiro atoms. The van der Waals surface area contributed by atoms with Crippen molar-refractivity contribution in [2.75, 3.05) is 18.5 Å². The smallest absolute Gasteiger partial charge is 0.296 e. The van der Waals surface area contributed by atoms with Gasteiger partial charge in [0.1, 0.15) is 35.8 Å². The van der Waals surface area contributed by atoms with Crippen molar-refractivity contribution >= 4 is 28.6 Å². The molecule has 2 aromatic carbocycles. The summed E-state index contributed by atoms with van der Waals surface area (Å²) >= 11 is 6.34. The normalized spacial score (nSPS) is 22.9. The van der Waals surface area contributed by atoms with E-state index in [1.165, 1.54) is 18.2 Å². The van der Waals surface area contributed by atoms with Crippen LogP contribution in [0.25, 0.3) is 11.2 Å². The van der Waals surface area contributed by atoms with Crippen LogP contribution in [0.5, 0.6) is 6.01 Å². The summed E-state index contributed by atoms with van der Waals surface area (Å²) in [4.78, 5) is 11.8. The maximum absolute atomic E-state index is 13.9. The van der Waals surface area contributed by atoms with Crippen LogP contribution in [0.15, 0.2) is 54.6 Å². The predicted molar refractivity (Wildman–Crippen MR) is 131 cm³/mol. The van der Waals surface area contributed by atoms with Gasteiger partial charge in [0.15, 0.2) is 11.8 Å². The van der Waals surface area contributed by atoms with E-state index >= 15 is 0 Å². The molecule has 2 aliphatic rings. The minimum Gasteiger partial charge on any atom is -0.456 e. The average molecular weight is 529 g/mol. The van der Waals surface area contributed by atoms with Gasteiger partial charge in [-0.3, -0.25) is 0 Å². The number of benzene rings is 2. The molecule has 0 amide bonds. The van der Waals surface area contributed by atoms with E-state index in [9.17, 15) is 8.78 Å². The molecular formula is C26H23ClF2N4O4. The third-order valence-corrected chi connectivity index (χ3v) is 6.72. The Balaban J connectivity index is 1.10. The molecule has 8 nitrogen and oxygen atoms in total. The minimum atomic E-state index is -0.654. The fourth-order valence-electron chi connectivity index (χ4n) is 4.54. The molecule has 192 valence electrons. The van der Waals surface area contributed by atoms with Crippen LogP contribution in [0.3, 0.4) is 0 Å². The first-order valence-electron chi connectivity index (χ1n) is 11.8. The monoisotopic (exact) mass is 528 g/mol. The van der Waals surface area contributed by atoms with Crippen LogP contribution in [0.2, 0.25) is 5.02 Å². The van der Waals surface area contributed by atoms with Crippen LogP contribution in [-0.2, 0) is 27.4 Å². The van der Waals surface area contributed by atoms with Gasteiger partial charge in [-0.05, 0) is 23.8 Å². The Labute approximate surface area is 215 Å². The number of fused-ring (bicyclic) bond motifs is 2. The zero-order valence-corrected chi connectivity index (χ0v) is 20.3. The van der Waals surface area contributed by atoms with Crippen LogP contribution in [-0.4, -0.2) is 52.6 Å². The van der Waals surface area contributed by atoms with Crippen molar-refractivity contribution < 1.29 is 27.7 Å². The number of nitrogens with one attached hydrogen (secondary N) is 2. The summed E-state index contributed by atoms with van der Waals surface area (Å²) < 4.78 is 51.9. The Morgan fingerprint density at radius 3 is 2.49 bits per heavy atom. The van der Waals surface area contributed by atoms with Crippen molar-refractivity contribution in [3.8, 4) is 6.01 Å². The van der Waals surface area contributed by atoms with Gasteiger partial charge in [0.25, 0.3) is 6.01 Å². The number of H-pyrrole nitrogens is 1. The van der Waals surface area contributed by atoms with Gasteiger partial charge in [-0.1, -0.05) is 48.0 Å². The SMILES string of the molecule is Fc1cccc(F)c1CNc1nc2nc(OC3COC4C3OC[C@H]4OCc3ccccc3)[nH]c2cc1Cl. The lowest BCUT2D eigenvalue weighted by Crippen LogP contribution is -2.35. The molecule has 11 heteroatoms. The van der Waals surface area contributed by atoms with E-state index in [1.807, 2.05) is 30.3 Å². The van der Waals surface area contributed by atoms with E-state index in [0.29, 0.717) is 31.0 Å². The standard InChI is InChI=1S/C26H23ClF2N4O4/c27-16-9-19-25(32-24(16)30-10-15-17(28)7-4-8-18(15)29)33-26(31-19)37-21-13-36-22-20(12-35-23(21)22)34-11-14-5-2-1-3-6-14/h1-9,20-23H,10-13H2,(H2,30,31,32,33)/t20-,21?,22?,23?/m1/s1. The summed E-state index contributed by atoms with van der Waals surface area (Å²) in [6.45, 7) is 1.09. The Morgan fingerprint density at radius 2 is 1.70 bits per heavy atom. The molecule has 2 saturated heterocycles. The van der Waals surface area contributed by atoms with Gasteiger partial charge in [-0.2, -0.15) is 4.98 Å². The number of nitrogens with zero attached hydrogens (tertiary/aromatic N) is 2. The summed E-state index contributed by atoms with van der Waals surface area (Å²) in [6, 6.07) is 15.5. The lowest BCUT2D eigenvalue weighted by atomic mass is 10.1. The molecule has 0 aliphatic carbocycles. The average Bonchev–Trinajstić information content (AvgIpc) is 3.59. The van der Waals surface area contributed by atoms with E-state index in [4.69, 9.17) is 30.5 Å². The molecule has 4 atom stereocenters. The predicted octanol–water partition coefficient (Wildman–Crippen LogP) is 4.63. The van der Waals surface area contributed by atoms with Crippen molar-refractivity contribution in [3.63, 3.8) is 0 Å². The maximum atomic E-state index is 13.9. The summed E-state index contributed by atoms with van der Waals surface area (Å²) in [6.07, 6.45) is -1.10. The second kappa shape index (κ2) is 10.2. The minimum absolute atomic E-state index is 0.107. The second-order valence-corrected chi connectivity index (χ2v) is 9.28. The Morgan fingerprint density at radius 1 is 0.973 bits per heavy atom. The maximum Gasteiger partial charge on any atom is 0.296 e. The third kappa shape index (κ3) is 4.97. The molecule has 2 aliphatic heterocycles. The largest absolute Gasteiger partial charge is 0.456 e. The van der Waals surface area contributed by atoms with Gasteiger partial charge in [0, 0.05) is 12.1 Å². The number of anilines is 1. The van der Waals surface area contributed by atoms with Crippen LogP contribution in [0, 0.1) is 11.6 Å².